The number of nitrogens with zero attached hydrogens (tertiary/aromatic N) is 3. The van der Waals surface area contributed by atoms with Gasteiger partial charge in [0, 0.05) is 24.8 Å². The van der Waals surface area contributed by atoms with Crippen molar-refractivity contribution in [3.63, 3.8) is 0 Å². The van der Waals surface area contributed by atoms with Crippen LogP contribution in [0.3, 0.4) is 0 Å². The molecule has 4 rings (SSSR count). The van der Waals surface area contributed by atoms with Crippen molar-refractivity contribution in [2.75, 3.05) is 13.7 Å². The van der Waals surface area contributed by atoms with E-state index in [1.54, 1.807) is 30.3 Å². The monoisotopic (exact) mass is 493 g/mol. The SMILES string of the molecule is CCN1C(=O)/C(=C\c2ccc(-c3cc([N+](=O)[O-])ccc3OC)o2)SC1=Nc1ccc(C(=O)O)cc1. The standard InChI is InChI=1S/C24H19N3O7S/c1-3-26-22(28)21(35-24(26)25-15-6-4-14(5-7-15)23(29)30)13-17-9-11-20(34-17)18-12-16(27(31)32)8-10-19(18)33-2/h4-13H,3H2,1-2H3,(H,29,30)/b21-13+,25-24?. The molecule has 1 fully saturated rings. The number of carboxylic acid groups (broad SMARTS) is 1. The van der Waals surface area contributed by atoms with Crippen LogP contribution in [-0.2, 0) is 4.79 Å². The molecule has 1 aromatic heterocycles. The molecule has 2 heterocycles. The fourth-order valence-corrected chi connectivity index (χ4v) is 4.41. The van der Waals surface area contributed by atoms with Crippen LogP contribution in [0.4, 0.5) is 11.4 Å². The minimum atomic E-state index is -1.03. The van der Waals surface area contributed by atoms with Gasteiger partial charge in [0.1, 0.15) is 17.3 Å². The second-order valence-corrected chi connectivity index (χ2v) is 8.26. The summed E-state index contributed by atoms with van der Waals surface area (Å²) in [6, 6.07) is 13.5. The first kappa shape index (κ1) is 23.8. The molecule has 0 saturated carbocycles. The first-order valence-electron chi connectivity index (χ1n) is 10.4. The van der Waals surface area contributed by atoms with Crippen molar-refractivity contribution in [3.05, 3.63) is 80.9 Å². The van der Waals surface area contributed by atoms with Gasteiger partial charge in [0.15, 0.2) is 5.17 Å². The van der Waals surface area contributed by atoms with Crippen molar-refractivity contribution in [2.24, 2.45) is 4.99 Å². The number of benzene rings is 2. The fourth-order valence-electron chi connectivity index (χ4n) is 3.37. The Morgan fingerprint density at radius 2 is 1.97 bits per heavy atom. The summed E-state index contributed by atoms with van der Waals surface area (Å²) in [6.45, 7) is 2.22. The predicted octanol–water partition coefficient (Wildman–Crippen LogP) is 5.19. The smallest absolute Gasteiger partial charge is 0.335 e. The maximum absolute atomic E-state index is 12.9. The van der Waals surface area contributed by atoms with E-state index < -0.39 is 10.9 Å². The van der Waals surface area contributed by atoms with Gasteiger partial charge in [-0.2, -0.15) is 0 Å². The Morgan fingerprint density at radius 3 is 2.60 bits per heavy atom. The van der Waals surface area contributed by atoms with Gasteiger partial charge >= 0.3 is 5.97 Å². The number of carboxylic acids is 1. The molecular formula is C24H19N3O7S. The Morgan fingerprint density at radius 1 is 1.23 bits per heavy atom. The minimum Gasteiger partial charge on any atom is -0.496 e. The van der Waals surface area contributed by atoms with Crippen molar-refractivity contribution in [1.82, 2.24) is 4.90 Å². The number of amides is 1. The summed E-state index contributed by atoms with van der Waals surface area (Å²) in [7, 11) is 1.46. The number of nitro benzene ring substituents is 1. The normalized spacial score (nSPS) is 15.7. The lowest BCUT2D eigenvalue weighted by Gasteiger charge is -2.11. The third-order valence-corrected chi connectivity index (χ3v) is 6.11. The van der Waals surface area contributed by atoms with E-state index in [0.29, 0.717) is 45.1 Å². The number of rotatable bonds is 7. The Hall–Kier alpha value is -4.38. The van der Waals surface area contributed by atoms with Gasteiger partial charge in [-0.25, -0.2) is 9.79 Å². The summed E-state index contributed by atoms with van der Waals surface area (Å²) in [5.41, 5.74) is 0.975. The van der Waals surface area contributed by atoms with Crippen LogP contribution < -0.4 is 4.74 Å². The summed E-state index contributed by atoms with van der Waals surface area (Å²) in [4.78, 5) is 41.0. The number of methoxy groups -OCH3 is 1. The Kier molecular flexibility index (Phi) is 6.69. The van der Waals surface area contributed by atoms with Crippen LogP contribution in [0.15, 0.2) is 68.9 Å². The molecule has 0 bridgehead atoms. The number of thioether (sulfide) groups is 1. The van der Waals surface area contributed by atoms with Crippen LogP contribution in [0.2, 0.25) is 0 Å². The highest BCUT2D eigenvalue weighted by atomic mass is 32.2. The number of furan rings is 1. The molecule has 1 saturated heterocycles. The quantitative estimate of drug-likeness (QED) is 0.270. The number of hydrogen-bond donors (Lipinski definition) is 1. The maximum atomic E-state index is 12.9. The van der Waals surface area contributed by atoms with Gasteiger partial charge in [-0.05, 0) is 61.2 Å². The molecule has 0 aliphatic carbocycles. The van der Waals surface area contributed by atoms with E-state index in [-0.39, 0.29) is 17.2 Å². The van der Waals surface area contributed by atoms with Crippen LogP contribution in [-0.4, -0.2) is 45.6 Å². The molecule has 2 aromatic carbocycles. The molecule has 1 aliphatic heterocycles. The first-order valence-corrected chi connectivity index (χ1v) is 11.2. The zero-order valence-corrected chi connectivity index (χ0v) is 19.4. The number of carbonyl (C=O) groups excluding carboxylic acids is 1. The number of aliphatic imine (C=N–C) groups is 1. The number of amidine groups is 1. The Labute approximate surface area is 203 Å². The summed E-state index contributed by atoms with van der Waals surface area (Å²) in [5, 5.41) is 20.7. The molecule has 0 atom stereocenters. The topological polar surface area (TPSA) is 135 Å². The van der Waals surface area contributed by atoms with Crippen molar-refractivity contribution < 1.29 is 28.8 Å². The first-order chi connectivity index (χ1) is 16.8. The highest BCUT2D eigenvalue weighted by Gasteiger charge is 2.32. The minimum absolute atomic E-state index is 0.102. The lowest BCUT2D eigenvalue weighted by molar-refractivity contribution is -0.384. The molecule has 178 valence electrons. The molecule has 1 N–H and O–H groups in total. The van der Waals surface area contributed by atoms with Gasteiger partial charge in [-0.1, -0.05) is 0 Å². The second kappa shape index (κ2) is 9.85. The van der Waals surface area contributed by atoms with E-state index in [4.69, 9.17) is 14.3 Å². The summed E-state index contributed by atoms with van der Waals surface area (Å²) in [6.07, 6.45) is 1.58. The molecule has 10 nitrogen and oxygen atoms in total. The van der Waals surface area contributed by atoms with Crippen molar-refractivity contribution in [2.45, 2.75) is 6.92 Å². The molecule has 0 spiro atoms. The van der Waals surface area contributed by atoms with E-state index in [0.717, 1.165) is 0 Å². The van der Waals surface area contributed by atoms with Gasteiger partial charge in [0.05, 0.1) is 33.8 Å². The van der Waals surface area contributed by atoms with Crippen molar-refractivity contribution in [1.29, 1.82) is 0 Å². The third-order valence-electron chi connectivity index (χ3n) is 5.10. The average molecular weight is 493 g/mol. The Bertz CT molecular complexity index is 1380. The summed E-state index contributed by atoms with van der Waals surface area (Å²) in [5.74, 6) is -0.129. The molecule has 11 heteroatoms. The molecule has 0 radical (unpaired) electrons. The van der Waals surface area contributed by atoms with Gasteiger partial charge in [0.25, 0.3) is 11.6 Å². The maximum Gasteiger partial charge on any atom is 0.335 e. The number of likely N-dealkylation sites (N-methyl/N-ethyl adjacent to an activating group) is 1. The zero-order chi connectivity index (χ0) is 25.1. The second-order valence-electron chi connectivity index (χ2n) is 7.25. The van der Waals surface area contributed by atoms with Crippen LogP contribution in [0.1, 0.15) is 23.0 Å². The lowest BCUT2D eigenvalue weighted by atomic mass is 10.1. The van der Waals surface area contributed by atoms with Gasteiger partial charge in [-0.3, -0.25) is 19.8 Å². The van der Waals surface area contributed by atoms with E-state index in [1.165, 1.54) is 54.1 Å². The van der Waals surface area contributed by atoms with E-state index in [1.807, 2.05) is 6.92 Å². The number of aromatic carboxylic acids is 1. The van der Waals surface area contributed by atoms with E-state index in [2.05, 4.69) is 4.99 Å². The molecule has 1 aliphatic rings. The lowest BCUT2D eigenvalue weighted by Crippen LogP contribution is -2.28. The van der Waals surface area contributed by atoms with Crippen LogP contribution >= 0.6 is 11.8 Å². The number of nitro groups is 1. The van der Waals surface area contributed by atoms with Crippen molar-refractivity contribution in [3.8, 4) is 17.1 Å². The molecule has 0 unspecified atom stereocenters. The fraction of sp³-hybridized carbons (Fsp3) is 0.125. The third kappa shape index (κ3) is 4.94. The highest BCUT2D eigenvalue weighted by Crippen LogP contribution is 2.37. The van der Waals surface area contributed by atoms with Gasteiger partial charge in [0.2, 0.25) is 0 Å². The number of hydrogen-bond acceptors (Lipinski definition) is 8. The van der Waals surface area contributed by atoms with Crippen LogP contribution in [0, 0.1) is 10.1 Å². The van der Waals surface area contributed by atoms with Gasteiger partial charge in [-0.15, -0.1) is 0 Å². The summed E-state index contributed by atoms with van der Waals surface area (Å²) < 4.78 is 11.2. The van der Waals surface area contributed by atoms with E-state index >= 15 is 0 Å². The van der Waals surface area contributed by atoms with Crippen molar-refractivity contribution >= 4 is 46.3 Å². The summed E-state index contributed by atoms with van der Waals surface area (Å²) >= 11 is 1.17. The average Bonchev–Trinajstić information content (AvgIpc) is 3.43. The Balaban J connectivity index is 1.62. The van der Waals surface area contributed by atoms with Gasteiger partial charge < -0.3 is 14.3 Å². The largest absolute Gasteiger partial charge is 0.496 e. The van der Waals surface area contributed by atoms with Crippen LogP contribution in [0.25, 0.3) is 17.4 Å². The number of carbonyl (C=O) groups is 2. The predicted molar refractivity (Wildman–Crippen MR) is 131 cm³/mol. The van der Waals surface area contributed by atoms with Crippen LogP contribution in [0.5, 0.6) is 5.75 Å². The molecule has 3 aromatic rings. The zero-order valence-electron chi connectivity index (χ0n) is 18.6. The molecule has 1 amide bonds. The number of non-ortho nitro benzene ring substituents is 1. The highest BCUT2D eigenvalue weighted by molar-refractivity contribution is 8.18. The van der Waals surface area contributed by atoms with E-state index in [9.17, 15) is 19.7 Å². The molecular weight excluding hydrogens is 474 g/mol. The molecule has 35 heavy (non-hydrogen) atoms. The number of ether oxygens (including phenoxy) is 1.